The van der Waals surface area contributed by atoms with Gasteiger partial charge in [-0.25, -0.2) is 0 Å². The van der Waals surface area contributed by atoms with E-state index in [1.807, 2.05) is 35.2 Å². The predicted octanol–water partition coefficient (Wildman–Crippen LogP) is 4.01. The Labute approximate surface area is 241 Å². The van der Waals surface area contributed by atoms with E-state index >= 15 is 0 Å². The number of carbonyl (C=O) groups is 2. The molecule has 1 aromatic heterocycles. The highest BCUT2D eigenvalue weighted by atomic mass is 16.5. The van der Waals surface area contributed by atoms with Crippen LogP contribution in [0.2, 0.25) is 0 Å². The summed E-state index contributed by atoms with van der Waals surface area (Å²) < 4.78 is 16.0. The van der Waals surface area contributed by atoms with Crippen LogP contribution in [0.15, 0.2) is 54.6 Å². The molecule has 41 heavy (non-hydrogen) atoms. The Morgan fingerprint density at radius 2 is 1.56 bits per heavy atom. The molecule has 1 fully saturated rings. The molecular formula is C31H39N5O5. The Kier molecular flexibility index (Phi) is 10.00. The molecule has 2 heterocycles. The second kappa shape index (κ2) is 13.8. The molecule has 10 nitrogen and oxygen atoms in total. The van der Waals surface area contributed by atoms with Crippen molar-refractivity contribution in [2.75, 3.05) is 65.5 Å². The summed E-state index contributed by atoms with van der Waals surface area (Å²) in [5, 5.41) is 8.88. The van der Waals surface area contributed by atoms with Gasteiger partial charge in [-0.2, -0.15) is 0 Å². The lowest BCUT2D eigenvalue weighted by Crippen LogP contribution is -2.52. The van der Waals surface area contributed by atoms with Crippen LogP contribution in [-0.2, 0) is 4.79 Å². The van der Waals surface area contributed by atoms with Crippen molar-refractivity contribution >= 4 is 17.6 Å². The molecule has 0 N–H and O–H groups in total. The van der Waals surface area contributed by atoms with Gasteiger partial charge >= 0.3 is 0 Å². The molecule has 10 heteroatoms. The molecule has 0 aliphatic carbocycles. The molecule has 218 valence electrons. The molecule has 4 rings (SSSR count). The Hall–Kier alpha value is -4.34. The molecule has 1 saturated heterocycles. The average Bonchev–Trinajstić information content (AvgIpc) is 3.03. The molecule has 0 bridgehead atoms. The molecule has 2 aromatic carbocycles. The maximum absolute atomic E-state index is 13.3. The van der Waals surface area contributed by atoms with Gasteiger partial charge in [0.1, 0.15) is 23.8 Å². The lowest BCUT2D eigenvalue weighted by molar-refractivity contribution is -0.132. The van der Waals surface area contributed by atoms with Crippen LogP contribution in [0.4, 0.5) is 5.82 Å². The van der Waals surface area contributed by atoms with Crippen LogP contribution < -0.4 is 19.1 Å². The molecule has 1 aliphatic heterocycles. The van der Waals surface area contributed by atoms with Crippen molar-refractivity contribution in [1.82, 2.24) is 20.0 Å². The zero-order valence-corrected chi connectivity index (χ0v) is 24.5. The number of aromatic nitrogens is 2. The topological polar surface area (TPSA) is 97.3 Å². The Morgan fingerprint density at radius 3 is 2.15 bits per heavy atom. The number of anilines is 1. The summed E-state index contributed by atoms with van der Waals surface area (Å²) in [6, 6.07) is 16.4. The summed E-state index contributed by atoms with van der Waals surface area (Å²) in [5.74, 6) is 2.88. The zero-order chi connectivity index (χ0) is 29.4. The number of rotatable bonds is 11. The molecule has 1 aliphatic rings. The average molecular weight is 562 g/mol. The lowest BCUT2D eigenvalue weighted by Gasteiger charge is -2.36. The molecule has 0 unspecified atom stereocenters. The van der Waals surface area contributed by atoms with E-state index < -0.39 is 0 Å². The van der Waals surface area contributed by atoms with Crippen molar-refractivity contribution < 1.29 is 23.8 Å². The number of benzene rings is 2. The zero-order valence-electron chi connectivity index (χ0n) is 24.5. The first-order valence-corrected chi connectivity index (χ1v) is 13.9. The minimum atomic E-state index is -0.149. The largest absolute Gasteiger partial charge is 0.497 e. The van der Waals surface area contributed by atoms with Gasteiger partial charge in [-0.15, -0.1) is 10.2 Å². The van der Waals surface area contributed by atoms with Crippen molar-refractivity contribution in [3.05, 3.63) is 60.2 Å². The summed E-state index contributed by atoms with van der Waals surface area (Å²) in [6.07, 6.45) is 0.921. The smallest absolute Gasteiger partial charge is 0.254 e. The van der Waals surface area contributed by atoms with Crippen LogP contribution in [0, 0.1) is 5.92 Å². The molecule has 0 saturated carbocycles. The van der Waals surface area contributed by atoms with Crippen molar-refractivity contribution in [3.63, 3.8) is 0 Å². The number of hydrogen-bond donors (Lipinski definition) is 0. The second-order valence-electron chi connectivity index (χ2n) is 10.1. The summed E-state index contributed by atoms with van der Waals surface area (Å²) >= 11 is 0. The number of nitrogens with zero attached hydrogens (tertiary/aromatic N) is 5. The number of methoxy groups -OCH3 is 3. The van der Waals surface area contributed by atoms with Gasteiger partial charge < -0.3 is 28.9 Å². The van der Waals surface area contributed by atoms with Crippen LogP contribution in [0.3, 0.4) is 0 Å². The van der Waals surface area contributed by atoms with Crippen molar-refractivity contribution in [2.24, 2.45) is 5.92 Å². The third-order valence-electron chi connectivity index (χ3n) is 7.47. The highest BCUT2D eigenvalue weighted by molar-refractivity contribution is 5.96. The van der Waals surface area contributed by atoms with Gasteiger partial charge in [-0.1, -0.05) is 20.3 Å². The molecule has 2 amide bonds. The van der Waals surface area contributed by atoms with Gasteiger partial charge in [-0.05, 0) is 54.4 Å². The molecule has 3 aromatic rings. The van der Waals surface area contributed by atoms with Crippen LogP contribution in [-0.4, -0.2) is 92.4 Å². The van der Waals surface area contributed by atoms with Crippen molar-refractivity contribution in [2.45, 2.75) is 20.3 Å². The van der Waals surface area contributed by atoms with Gasteiger partial charge in [0.25, 0.3) is 5.91 Å². The molecule has 0 radical (unpaired) electrons. The Morgan fingerprint density at radius 1 is 0.878 bits per heavy atom. The van der Waals surface area contributed by atoms with E-state index in [4.69, 9.17) is 14.2 Å². The number of ether oxygens (including phenoxy) is 3. The minimum absolute atomic E-state index is 0.0490. The first-order valence-electron chi connectivity index (χ1n) is 13.9. The van der Waals surface area contributed by atoms with E-state index in [0.717, 1.165) is 17.8 Å². The highest BCUT2D eigenvalue weighted by Gasteiger charge is 2.27. The van der Waals surface area contributed by atoms with E-state index in [2.05, 4.69) is 28.9 Å². The van der Waals surface area contributed by atoms with Gasteiger partial charge in [0.05, 0.1) is 27.0 Å². The van der Waals surface area contributed by atoms with Gasteiger partial charge in [0.15, 0.2) is 5.82 Å². The van der Waals surface area contributed by atoms with Crippen LogP contribution in [0.25, 0.3) is 11.3 Å². The van der Waals surface area contributed by atoms with Gasteiger partial charge in [0.2, 0.25) is 5.91 Å². The molecule has 0 spiro atoms. The normalized spacial score (nSPS) is 13.9. The summed E-state index contributed by atoms with van der Waals surface area (Å²) in [6.45, 7) is 7.10. The third-order valence-corrected chi connectivity index (χ3v) is 7.47. The fraction of sp³-hybridized carbons (Fsp3) is 0.419. The van der Waals surface area contributed by atoms with Crippen LogP contribution in [0.1, 0.15) is 30.6 Å². The fourth-order valence-corrected chi connectivity index (χ4v) is 4.74. The molecule has 1 atom stereocenters. The highest BCUT2D eigenvalue weighted by Crippen LogP contribution is 2.32. The lowest BCUT2D eigenvalue weighted by atomic mass is 10.1. The van der Waals surface area contributed by atoms with Crippen LogP contribution >= 0.6 is 0 Å². The Balaban J connectivity index is 1.37. The first kappa shape index (κ1) is 29.6. The van der Waals surface area contributed by atoms with E-state index in [-0.39, 0.29) is 24.3 Å². The standard InChI is InChI=1S/C31H39N5O5/c1-6-22(2)20-36(31(38)23-7-9-24(39-3)10-8-23)21-30(37)35-17-15-34(16-18-35)29-14-13-27(32-33-29)26-12-11-25(40-4)19-28(26)41-5/h7-14,19,22H,6,15-18,20-21H2,1-5H3/t22-/m1/s1. The van der Waals surface area contributed by atoms with Gasteiger partial charge in [-0.3, -0.25) is 9.59 Å². The number of hydrogen-bond acceptors (Lipinski definition) is 8. The number of amides is 2. The van der Waals surface area contributed by atoms with Gasteiger partial charge in [0, 0.05) is 49.9 Å². The summed E-state index contributed by atoms with van der Waals surface area (Å²) in [7, 11) is 4.81. The summed E-state index contributed by atoms with van der Waals surface area (Å²) in [4.78, 5) is 32.3. The monoisotopic (exact) mass is 561 g/mol. The predicted molar refractivity (Wildman–Crippen MR) is 158 cm³/mol. The van der Waals surface area contributed by atoms with E-state index in [1.54, 1.807) is 50.5 Å². The van der Waals surface area contributed by atoms with Crippen LogP contribution in [0.5, 0.6) is 17.2 Å². The van der Waals surface area contributed by atoms with E-state index in [9.17, 15) is 9.59 Å². The van der Waals surface area contributed by atoms with Crippen molar-refractivity contribution in [3.8, 4) is 28.5 Å². The minimum Gasteiger partial charge on any atom is -0.497 e. The van der Waals surface area contributed by atoms with E-state index in [0.29, 0.717) is 61.2 Å². The quantitative estimate of drug-likeness (QED) is 0.347. The second-order valence-corrected chi connectivity index (χ2v) is 10.1. The molecular weight excluding hydrogens is 522 g/mol. The Bertz CT molecular complexity index is 1310. The maximum Gasteiger partial charge on any atom is 0.254 e. The fourth-order valence-electron chi connectivity index (χ4n) is 4.74. The van der Waals surface area contributed by atoms with Crippen molar-refractivity contribution in [1.29, 1.82) is 0 Å². The first-order chi connectivity index (χ1) is 19.9. The number of carbonyl (C=O) groups excluding carboxylic acids is 2. The van der Waals surface area contributed by atoms with E-state index in [1.165, 1.54) is 0 Å². The summed E-state index contributed by atoms with van der Waals surface area (Å²) in [5.41, 5.74) is 2.07. The number of piperazine rings is 1. The third kappa shape index (κ3) is 7.25. The maximum atomic E-state index is 13.3. The SMILES string of the molecule is CC[C@@H](C)CN(CC(=O)N1CCN(c2ccc(-c3ccc(OC)cc3OC)nn2)CC1)C(=O)c1ccc(OC)cc1.